The fraction of sp³-hybridized carbons (Fsp3) is 0.389. The van der Waals surface area contributed by atoms with Crippen LogP contribution in [0.25, 0.3) is 0 Å². The normalized spacial score (nSPS) is 17.3. The van der Waals surface area contributed by atoms with Gasteiger partial charge in [0.1, 0.15) is 11.1 Å². The number of amides is 1. The molecular weight excluding hydrogens is 406 g/mol. The van der Waals surface area contributed by atoms with E-state index in [9.17, 15) is 4.79 Å². The van der Waals surface area contributed by atoms with Gasteiger partial charge in [0.05, 0.1) is 11.6 Å². The molecule has 0 N–H and O–H groups in total. The van der Waals surface area contributed by atoms with Crippen LogP contribution in [-0.4, -0.2) is 30.2 Å². The maximum atomic E-state index is 12.7. The van der Waals surface area contributed by atoms with Gasteiger partial charge in [-0.1, -0.05) is 6.07 Å². The zero-order valence-corrected chi connectivity index (χ0v) is 17.0. The summed E-state index contributed by atoms with van der Waals surface area (Å²) in [6, 6.07) is 8.19. The Morgan fingerprint density at radius 2 is 2.25 bits per heavy atom. The van der Waals surface area contributed by atoms with Crippen LogP contribution in [0.1, 0.15) is 27.8 Å². The maximum absolute atomic E-state index is 12.7. The Bertz CT molecular complexity index is 732. The van der Waals surface area contributed by atoms with Crippen LogP contribution in [0.2, 0.25) is 0 Å². The van der Waals surface area contributed by atoms with Gasteiger partial charge in [-0.15, -0.1) is 23.1 Å². The van der Waals surface area contributed by atoms with Crippen LogP contribution in [0.5, 0.6) is 5.75 Å². The number of ether oxygens (including phenoxy) is 1. The van der Waals surface area contributed by atoms with Gasteiger partial charge in [-0.25, -0.2) is 0 Å². The second-order valence-electron chi connectivity index (χ2n) is 5.73. The highest BCUT2D eigenvalue weighted by molar-refractivity contribution is 9.10. The molecule has 0 bridgehead atoms. The highest BCUT2D eigenvalue weighted by Crippen LogP contribution is 2.40. The number of rotatable bonds is 5. The zero-order valence-electron chi connectivity index (χ0n) is 13.8. The van der Waals surface area contributed by atoms with E-state index in [1.807, 2.05) is 22.7 Å². The number of halogens is 1. The van der Waals surface area contributed by atoms with E-state index in [2.05, 4.69) is 46.4 Å². The van der Waals surface area contributed by atoms with Crippen LogP contribution in [0.15, 0.2) is 34.1 Å². The molecule has 2 aromatic rings. The Hall–Kier alpha value is -0.980. The molecule has 1 atom stereocenters. The van der Waals surface area contributed by atoms with E-state index in [-0.39, 0.29) is 11.3 Å². The first-order chi connectivity index (χ1) is 11.6. The Morgan fingerprint density at radius 1 is 1.42 bits per heavy atom. The number of thioether (sulfide) groups is 1. The number of nitrogens with zero attached hydrogens (tertiary/aromatic N) is 1. The molecule has 2 heterocycles. The summed E-state index contributed by atoms with van der Waals surface area (Å²) in [5.41, 5.74) is 2.44. The van der Waals surface area contributed by atoms with Crippen LogP contribution in [0.3, 0.4) is 0 Å². The summed E-state index contributed by atoms with van der Waals surface area (Å²) < 4.78 is 6.22. The maximum Gasteiger partial charge on any atom is 0.224 e. The van der Waals surface area contributed by atoms with Crippen LogP contribution in [-0.2, 0) is 11.2 Å². The van der Waals surface area contributed by atoms with Crippen LogP contribution in [0, 0.1) is 6.92 Å². The molecule has 1 amide bonds. The van der Waals surface area contributed by atoms with Crippen molar-refractivity contribution in [3.05, 3.63) is 50.1 Å². The Labute approximate surface area is 159 Å². The van der Waals surface area contributed by atoms with E-state index in [1.54, 1.807) is 18.4 Å². The molecule has 0 aliphatic carbocycles. The van der Waals surface area contributed by atoms with Crippen molar-refractivity contribution in [3.8, 4) is 5.75 Å². The molecule has 0 spiro atoms. The summed E-state index contributed by atoms with van der Waals surface area (Å²) in [6.07, 6.45) is 1.41. The summed E-state index contributed by atoms with van der Waals surface area (Å²) in [7, 11) is 1.66. The number of hydrogen-bond acceptors (Lipinski definition) is 4. The topological polar surface area (TPSA) is 29.5 Å². The Kier molecular flexibility index (Phi) is 5.89. The molecule has 6 heteroatoms. The molecule has 128 valence electrons. The summed E-state index contributed by atoms with van der Waals surface area (Å²) in [5, 5.41) is 2.20. The average Bonchev–Trinajstić information content (AvgIpc) is 3.21. The number of carbonyl (C=O) groups is 1. The van der Waals surface area contributed by atoms with Crippen molar-refractivity contribution in [2.24, 2.45) is 0 Å². The number of benzene rings is 1. The van der Waals surface area contributed by atoms with E-state index in [0.717, 1.165) is 34.5 Å². The third-order valence-electron chi connectivity index (χ3n) is 4.21. The number of thiophene rings is 1. The van der Waals surface area contributed by atoms with Crippen LogP contribution >= 0.6 is 39.0 Å². The van der Waals surface area contributed by atoms with Crippen molar-refractivity contribution in [3.63, 3.8) is 0 Å². The monoisotopic (exact) mass is 425 g/mol. The highest BCUT2D eigenvalue weighted by atomic mass is 79.9. The van der Waals surface area contributed by atoms with Gasteiger partial charge in [0.2, 0.25) is 5.91 Å². The molecule has 1 unspecified atom stereocenters. The predicted molar refractivity (Wildman–Crippen MR) is 105 cm³/mol. The molecule has 24 heavy (non-hydrogen) atoms. The minimum Gasteiger partial charge on any atom is -0.496 e. The van der Waals surface area contributed by atoms with Gasteiger partial charge in [-0.2, -0.15) is 0 Å². The van der Waals surface area contributed by atoms with Gasteiger partial charge < -0.3 is 9.64 Å². The molecular formula is C18H20BrNO2S2. The fourth-order valence-electron chi connectivity index (χ4n) is 2.86. The van der Waals surface area contributed by atoms with Gasteiger partial charge in [-0.3, -0.25) is 4.79 Å². The van der Waals surface area contributed by atoms with E-state index < -0.39 is 0 Å². The van der Waals surface area contributed by atoms with Crippen molar-refractivity contribution in [1.82, 2.24) is 4.90 Å². The smallest absolute Gasteiger partial charge is 0.224 e. The zero-order chi connectivity index (χ0) is 17.1. The summed E-state index contributed by atoms with van der Waals surface area (Å²) in [4.78, 5) is 16.1. The third kappa shape index (κ3) is 3.81. The van der Waals surface area contributed by atoms with Crippen molar-refractivity contribution in [2.75, 3.05) is 19.4 Å². The summed E-state index contributed by atoms with van der Waals surface area (Å²) in [5.74, 6) is 2.04. The second kappa shape index (κ2) is 7.93. The molecule has 1 aromatic carbocycles. The molecule has 1 aliphatic heterocycles. The van der Waals surface area contributed by atoms with E-state index in [4.69, 9.17) is 4.74 Å². The first-order valence-electron chi connectivity index (χ1n) is 7.87. The van der Waals surface area contributed by atoms with Crippen molar-refractivity contribution >= 4 is 44.9 Å². The van der Waals surface area contributed by atoms with Crippen molar-refractivity contribution < 1.29 is 9.53 Å². The molecule has 1 aliphatic rings. The Balaban J connectivity index is 1.69. The lowest BCUT2D eigenvalue weighted by Gasteiger charge is -2.24. The highest BCUT2D eigenvalue weighted by Gasteiger charge is 2.30. The number of carbonyl (C=O) groups excluding carboxylic acids is 1. The van der Waals surface area contributed by atoms with E-state index >= 15 is 0 Å². The first-order valence-corrected chi connectivity index (χ1v) is 10.6. The lowest BCUT2D eigenvalue weighted by molar-refractivity contribution is -0.131. The standard InChI is InChI=1S/C18H20BrNO2S2/c1-12-7-9-23-16(12)5-6-17(21)20-8-10-24-18(20)13-3-4-15(22-2)14(19)11-13/h3-4,7,9,11,18H,5-6,8,10H2,1-2H3. The third-order valence-corrected chi connectivity index (χ3v) is 7.17. The lowest BCUT2D eigenvalue weighted by atomic mass is 10.1. The predicted octanol–water partition coefficient (Wildman–Crippen LogP) is 5.03. The largest absolute Gasteiger partial charge is 0.496 e. The van der Waals surface area contributed by atoms with Gasteiger partial charge >= 0.3 is 0 Å². The van der Waals surface area contributed by atoms with E-state index in [0.29, 0.717) is 6.42 Å². The Morgan fingerprint density at radius 3 is 2.92 bits per heavy atom. The first kappa shape index (κ1) is 17.8. The van der Waals surface area contributed by atoms with Crippen molar-refractivity contribution in [2.45, 2.75) is 25.1 Å². The van der Waals surface area contributed by atoms with Gasteiger partial charge in [0.25, 0.3) is 0 Å². The van der Waals surface area contributed by atoms with Gasteiger partial charge in [0, 0.05) is 23.6 Å². The molecule has 0 saturated carbocycles. The van der Waals surface area contributed by atoms with Crippen LogP contribution < -0.4 is 4.74 Å². The second-order valence-corrected chi connectivity index (χ2v) is 8.77. The number of aryl methyl sites for hydroxylation is 2. The molecule has 1 saturated heterocycles. The van der Waals surface area contributed by atoms with Gasteiger partial charge in [-0.05, 0) is 64.0 Å². The number of methoxy groups -OCH3 is 1. The fourth-order valence-corrected chi connectivity index (χ4v) is 5.60. The summed E-state index contributed by atoms with van der Waals surface area (Å²) >= 11 is 7.11. The molecule has 1 fully saturated rings. The van der Waals surface area contributed by atoms with E-state index in [1.165, 1.54) is 10.4 Å². The van der Waals surface area contributed by atoms with Crippen molar-refractivity contribution in [1.29, 1.82) is 0 Å². The summed E-state index contributed by atoms with van der Waals surface area (Å²) in [6.45, 7) is 2.93. The molecule has 0 radical (unpaired) electrons. The minimum absolute atomic E-state index is 0.101. The molecule has 3 rings (SSSR count). The quantitative estimate of drug-likeness (QED) is 0.672. The molecule has 3 nitrogen and oxygen atoms in total. The lowest BCUT2D eigenvalue weighted by Crippen LogP contribution is -2.30. The minimum atomic E-state index is 0.101. The average molecular weight is 426 g/mol. The van der Waals surface area contributed by atoms with Gasteiger partial charge in [0.15, 0.2) is 0 Å². The number of hydrogen-bond donors (Lipinski definition) is 0. The van der Waals surface area contributed by atoms with Crippen LogP contribution in [0.4, 0.5) is 0 Å². The molecule has 1 aromatic heterocycles. The SMILES string of the molecule is COc1ccc(C2SCCN2C(=O)CCc2sccc2C)cc1Br.